The van der Waals surface area contributed by atoms with Crippen molar-refractivity contribution >= 4 is 23.2 Å². The quantitative estimate of drug-likeness (QED) is 0.915. The number of carbonyl (C=O) groups excluding carboxylic acids is 1. The fourth-order valence-electron chi connectivity index (χ4n) is 3.17. The zero-order valence-electron chi connectivity index (χ0n) is 13.4. The fraction of sp³-hybridized carbons (Fsp3) is 0.588. The predicted octanol–water partition coefficient (Wildman–Crippen LogP) is 3.31. The molecule has 3 rings (SSSR count). The number of hydrogen-bond donors (Lipinski definition) is 1. The van der Waals surface area contributed by atoms with Crippen LogP contribution in [0, 0.1) is 0 Å². The first-order valence-corrected chi connectivity index (χ1v) is 8.61. The van der Waals surface area contributed by atoms with Crippen LogP contribution >= 0.6 is 11.6 Å². The number of ether oxygens (including phenoxy) is 2. The van der Waals surface area contributed by atoms with E-state index in [4.69, 9.17) is 21.1 Å². The van der Waals surface area contributed by atoms with Gasteiger partial charge < -0.3 is 19.7 Å². The van der Waals surface area contributed by atoms with Crippen LogP contribution in [-0.2, 0) is 4.79 Å². The first-order valence-electron chi connectivity index (χ1n) is 8.24. The van der Waals surface area contributed by atoms with Gasteiger partial charge in [0.05, 0.1) is 17.3 Å². The van der Waals surface area contributed by atoms with Gasteiger partial charge in [0.2, 0.25) is 5.91 Å². The van der Waals surface area contributed by atoms with E-state index >= 15 is 0 Å². The Bertz CT molecular complexity index is 573. The Balaban J connectivity index is 1.60. The number of halogens is 1. The molecule has 1 aromatic carbocycles. The topological polar surface area (TPSA) is 50.8 Å². The third kappa shape index (κ3) is 3.83. The zero-order valence-corrected chi connectivity index (χ0v) is 14.2. The van der Waals surface area contributed by atoms with Crippen LogP contribution in [0.4, 0.5) is 5.69 Å². The van der Waals surface area contributed by atoms with E-state index < -0.39 is 0 Å². The van der Waals surface area contributed by atoms with Crippen LogP contribution in [0.15, 0.2) is 12.1 Å². The van der Waals surface area contributed by atoms with Gasteiger partial charge in [-0.25, -0.2) is 0 Å². The molecule has 1 aliphatic heterocycles. The van der Waals surface area contributed by atoms with Gasteiger partial charge >= 0.3 is 0 Å². The van der Waals surface area contributed by atoms with Gasteiger partial charge in [0.15, 0.2) is 11.5 Å². The minimum atomic E-state index is 0.0860. The van der Waals surface area contributed by atoms with Crippen LogP contribution in [-0.4, -0.2) is 43.7 Å². The number of nitrogens with zero attached hydrogens (tertiary/aromatic N) is 1. The van der Waals surface area contributed by atoms with E-state index in [-0.39, 0.29) is 12.5 Å². The summed E-state index contributed by atoms with van der Waals surface area (Å²) in [6.45, 7) is 1.28. The SMILES string of the molecule is CN(C(=O)CNc1cc2c(cc1Cl)OCCO2)C1CCCCC1. The molecule has 1 aliphatic carbocycles. The maximum atomic E-state index is 12.4. The Morgan fingerprint density at radius 2 is 1.87 bits per heavy atom. The van der Waals surface area contributed by atoms with Crippen LogP contribution in [0.1, 0.15) is 32.1 Å². The van der Waals surface area contributed by atoms with Crippen molar-refractivity contribution < 1.29 is 14.3 Å². The van der Waals surface area contributed by atoms with Crippen molar-refractivity contribution in [1.82, 2.24) is 4.90 Å². The molecule has 0 spiro atoms. The molecule has 126 valence electrons. The van der Waals surface area contributed by atoms with Crippen LogP contribution in [0.2, 0.25) is 5.02 Å². The van der Waals surface area contributed by atoms with Crippen molar-refractivity contribution in [3.8, 4) is 11.5 Å². The molecule has 1 saturated carbocycles. The number of hydrogen-bond acceptors (Lipinski definition) is 4. The summed E-state index contributed by atoms with van der Waals surface area (Å²) < 4.78 is 11.0. The smallest absolute Gasteiger partial charge is 0.241 e. The first kappa shape index (κ1) is 16.2. The van der Waals surface area contributed by atoms with Crippen LogP contribution in [0.25, 0.3) is 0 Å². The largest absolute Gasteiger partial charge is 0.486 e. The Morgan fingerprint density at radius 3 is 2.57 bits per heavy atom. The molecule has 5 nitrogen and oxygen atoms in total. The molecular formula is C17H23ClN2O3. The van der Waals surface area contributed by atoms with Gasteiger partial charge in [-0.1, -0.05) is 30.9 Å². The highest BCUT2D eigenvalue weighted by Crippen LogP contribution is 2.37. The molecule has 1 heterocycles. The Kier molecular flexibility index (Phi) is 5.16. The molecule has 0 atom stereocenters. The van der Waals surface area contributed by atoms with Crippen molar-refractivity contribution in [2.45, 2.75) is 38.1 Å². The molecule has 0 aromatic heterocycles. The minimum absolute atomic E-state index is 0.0860. The van der Waals surface area contributed by atoms with E-state index in [9.17, 15) is 4.79 Å². The van der Waals surface area contributed by atoms with E-state index in [1.54, 1.807) is 12.1 Å². The summed E-state index contributed by atoms with van der Waals surface area (Å²) >= 11 is 6.25. The average molecular weight is 339 g/mol. The van der Waals surface area contributed by atoms with Crippen LogP contribution < -0.4 is 14.8 Å². The molecule has 2 aliphatic rings. The Morgan fingerprint density at radius 1 is 1.22 bits per heavy atom. The van der Waals surface area contributed by atoms with Gasteiger partial charge in [-0.2, -0.15) is 0 Å². The van der Waals surface area contributed by atoms with E-state index in [1.807, 2.05) is 11.9 Å². The minimum Gasteiger partial charge on any atom is -0.486 e. The first-order chi connectivity index (χ1) is 11.1. The predicted molar refractivity (Wildman–Crippen MR) is 90.6 cm³/mol. The summed E-state index contributed by atoms with van der Waals surface area (Å²) in [6.07, 6.45) is 5.91. The van der Waals surface area contributed by atoms with Crippen molar-refractivity contribution in [2.24, 2.45) is 0 Å². The number of anilines is 1. The maximum Gasteiger partial charge on any atom is 0.241 e. The molecule has 23 heavy (non-hydrogen) atoms. The molecule has 1 N–H and O–H groups in total. The number of benzene rings is 1. The van der Waals surface area contributed by atoms with Crippen molar-refractivity contribution in [1.29, 1.82) is 0 Å². The van der Waals surface area contributed by atoms with Gasteiger partial charge in [-0.15, -0.1) is 0 Å². The summed E-state index contributed by atoms with van der Waals surface area (Å²) in [5.41, 5.74) is 0.696. The lowest BCUT2D eigenvalue weighted by Crippen LogP contribution is -2.41. The third-order valence-electron chi connectivity index (χ3n) is 4.58. The lowest BCUT2D eigenvalue weighted by molar-refractivity contribution is -0.130. The Labute approximate surface area is 141 Å². The highest BCUT2D eigenvalue weighted by molar-refractivity contribution is 6.33. The molecular weight excluding hydrogens is 316 g/mol. The third-order valence-corrected chi connectivity index (χ3v) is 4.89. The molecule has 0 radical (unpaired) electrons. The van der Waals surface area contributed by atoms with E-state index in [1.165, 1.54) is 19.3 Å². The van der Waals surface area contributed by atoms with Gasteiger partial charge in [0, 0.05) is 25.2 Å². The monoisotopic (exact) mass is 338 g/mol. The summed E-state index contributed by atoms with van der Waals surface area (Å²) in [4.78, 5) is 14.3. The number of likely N-dealkylation sites (N-methyl/N-ethyl adjacent to an activating group) is 1. The standard InChI is InChI=1S/C17H23ClN2O3/c1-20(12-5-3-2-4-6-12)17(21)11-19-14-10-16-15(9-13(14)18)22-7-8-23-16/h9-10,12,19H,2-8,11H2,1H3. The van der Waals surface area contributed by atoms with E-state index in [2.05, 4.69) is 5.32 Å². The van der Waals surface area contributed by atoms with Crippen molar-refractivity contribution in [3.05, 3.63) is 17.2 Å². The molecule has 0 bridgehead atoms. The number of amides is 1. The van der Waals surface area contributed by atoms with Gasteiger partial charge in [-0.05, 0) is 12.8 Å². The second-order valence-electron chi connectivity index (χ2n) is 6.13. The molecule has 6 heteroatoms. The van der Waals surface area contributed by atoms with Crippen molar-refractivity contribution in [2.75, 3.05) is 32.1 Å². The highest BCUT2D eigenvalue weighted by atomic mass is 35.5. The molecule has 1 amide bonds. The summed E-state index contributed by atoms with van der Waals surface area (Å²) in [5.74, 6) is 1.40. The number of rotatable bonds is 4. The van der Waals surface area contributed by atoms with Crippen LogP contribution in [0.5, 0.6) is 11.5 Å². The lowest BCUT2D eigenvalue weighted by Gasteiger charge is -2.31. The van der Waals surface area contributed by atoms with Gasteiger partial charge in [0.1, 0.15) is 13.2 Å². The second kappa shape index (κ2) is 7.30. The summed E-state index contributed by atoms with van der Waals surface area (Å²) in [6, 6.07) is 3.90. The average Bonchev–Trinajstić information content (AvgIpc) is 2.59. The van der Waals surface area contributed by atoms with Gasteiger partial charge in [-0.3, -0.25) is 4.79 Å². The summed E-state index contributed by atoms with van der Waals surface area (Å²) in [5, 5.41) is 3.65. The lowest BCUT2D eigenvalue weighted by atomic mass is 9.94. The molecule has 1 aromatic rings. The number of carbonyl (C=O) groups is 1. The second-order valence-corrected chi connectivity index (χ2v) is 6.53. The Hall–Kier alpha value is -1.62. The highest BCUT2D eigenvalue weighted by Gasteiger charge is 2.22. The van der Waals surface area contributed by atoms with Crippen molar-refractivity contribution in [3.63, 3.8) is 0 Å². The number of nitrogens with one attached hydrogen (secondary N) is 1. The van der Waals surface area contributed by atoms with E-state index in [0.29, 0.717) is 41.5 Å². The van der Waals surface area contributed by atoms with E-state index in [0.717, 1.165) is 12.8 Å². The zero-order chi connectivity index (χ0) is 16.2. The maximum absolute atomic E-state index is 12.4. The molecule has 1 fully saturated rings. The normalized spacial score (nSPS) is 17.7. The van der Waals surface area contributed by atoms with Gasteiger partial charge in [0.25, 0.3) is 0 Å². The van der Waals surface area contributed by atoms with Crippen LogP contribution in [0.3, 0.4) is 0 Å². The number of fused-ring (bicyclic) bond motifs is 1. The fourth-order valence-corrected chi connectivity index (χ4v) is 3.39. The molecule has 0 saturated heterocycles. The molecule has 0 unspecified atom stereocenters. The summed E-state index contributed by atoms with van der Waals surface area (Å²) in [7, 11) is 1.89.